The zero-order valence-electron chi connectivity index (χ0n) is 9.72. The van der Waals surface area contributed by atoms with E-state index in [0.717, 1.165) is 31.2 Å². The minimum Gasteiger partial charge on any atom is -0.431 e. The fraction of sp³-hybridized carbons (Fsp3) is 0.357. The lowest BCUT2D eigenvalue weighted by Gasteiger charge is -2.12. The maximum atomic E-state index is 11.6. The van der Waals surface area contributed by atoms with Crippen LogP contribution in [0.2, 0.25) is 0 Å². The first kappa shape index (κ1) is 11.7. The molecule has 0 N–H and O–H groups in total. The Bertz CT molecular complexity index is 406. The molecule has 0 unspecified atom stereocenters. The van der Waals surface area contributed by atoms with E-state index in [1.807, 2.05) is 18.2 Å². The third-order valence-corrected chi connectivity index (χ3v) is 2.90. The topological polar surface area (TPSA) is 35.5 Å². The molecule has 1 saturated carbocycles. The Labute approximate surface area is 101 Å². The van der Waals surface area contributed by atoms with Crippen molar-refractivity contribution < 1.29 is 14.3 Å². The van der Waals surface area contributed by atoms with Gasteiger partial charge >= 0.3 is 6.16 Å². The molecule has 17 heavy (non-hydrogen) atoms. The van der Waals surface area contributed by atoms with Crippen LogP contribution >= 0.6 is 0 Å². The van der Waals surface area contributed by atoms with Crippen molar-refractivity contribution in [1.29, 1.82) is 0 Å². The van der Waals surface area contributed by atoms with E-state index >= 15 is 0 Å². The molecule has 0 aromatic heterocycles. The van der Waals surface area contributed by atoms with Gasteiger partial charge in [-0.1, -0.05) is 30.9 Å². The molecule has 0 amide bonds. The number of para-hydroxylation sites is 1. The van der Waals surface area contributed by atoms with Crippen LogP contribution < -0.4 is 4.74 Å². The number of hydrogen-bond acceptors (Lipinski definition) is 3. The van der Waals surface area contributed by atoms with Crippen molar-refractivity contribution in [2.75, 3.05) is 0 Å². The van der Waals surface area contributed by atoms with Gasteiger partial charge < -0.3 is 9.47 Å². The molecule has 0 spiro atoms. The zero-order valence-corrected chi connectivity index (χ0v) is 9.72. The van der Waals surface area contributed by atoms with Crippen LogP contribution in [0, 0.1) is 0 Å². The molecule has 0 atom stereocenters. The van der Waals surface area contributed by atoms with E-state index in [0.29, 0.717) is 5.75 Å². The summed E-state index contributed by atoms with van der Waals surface area (Å²) in [4.78, 5) is 11.6. The summed E-state index contributed by atoms with van der Waals surface area (Å²) in [5.74, 6) is 0.491. The second-order valence-corrected chi connectivity index (χ2v) is 4.12. The third kappa shape index (κ3) is 3.09. The number of carbonyl (C=O) groups is 1. The summed E-state index contributed by atoms with van der Waals surface area (Å²) < 4.78 is 10.4. The molecule has 1 aromatic rings. The molecule has 3 nitrogen and oxygen atoms in total. The highest BCUT2D eigenvalue weighted by molar-refractivity contribution is 5.67. The molecule has 2 rings (SSSR count). The second-order valence-electron chi connectivity index (χ2n) is 4.12. The first-order chi connectivity index (χ1) is 8.29. The van der Waals surface area contributed by atoms with Crippen molar-refractivity contribution in [3.05, 3.63) is 36.4 Å². The molecule has 1 aliphatic carbocycles. The van der Waals surface area contributed by atoms with E-state index in [4.69, 9.17) is 9.47 Å². The molecule has 1 fully saturated rings. The number of carbonyl (C=O) groups excluding carboxylic acids is 1. The van der Waals surface area contributed by atoms with Crippen LogP contribution in [0.25, 0.3) is 6.08 Å². The summed E-state index contributed by atoms with van der Waals surface area (Å²) in [7, 11) is 0. The molecule has 0 saturated heterocycles. The molecule has 1 aliphatic rings. The van der Waals surface area contributed by atoms with Crippen LogP contribution in [-0.2, 0) is 4.74 Å². The molecule has 90 valence electrons. The molecule has 0 bridgehead atoms. The molecular formula is C14H16O3. The van der Waals surface area contributed by atoms with Gasteiger partial charge in [0.1, 0.15) is 11.9 Å². The fourth-order valence-electron chi connectivity index (χ4n) is 2.00. The monoisotopic (exact) mass is 232 g/mol. The average molecular weight is 232 g/mol. The number of ether oxygens (including phenoxy) is 2. The number of rotatable bonds is 3. The Morgan fingerprint density at radius 3 is 2.71 bits per heavy atom. The van der Waals surface area contributed by atoms with Gasteiger partial charge in [-0.25, -0.2) is 4.79 Å². The highest BCUT2D eigenvalue weighted by atomic mass is 16.7. The minimum atomic E-state index is -0.619. The van der Waals surface area contributed by atoms with Gasteiger partial charge in [-0.15, -0.1) is 0 Å². The Kier molecular flexibility index (Phi) is 3.81. The van der Waals surface area contributed by atoms with Gasteiger partial charge in [0.25, 0.3) is 0 Å². The van der Waals surface area contributed by atoms with Crippen LogP contribution in [0.3, 0.4) is 0 Å². The maximum Gasteiger partial charge on any atom is 0.514 e. The van der Waals surface area contributed by atoms with Crippen molar-refractivity contribution in [3.8, 4) is 5.75 Å². The Balaban J connectivity index is 1.95. The Morgan fingerprint density at radius 1 is 1.29 bits per heavy atom. The van der Waals surface area contributed by atoms with E-state index in [1.165, 1.54) is 0 Å². The van der Waals surface area contributed by atoms with Gasteiger partial charge in [-0.2, -0.15) is 0 Å². The van der Waals surface area contributed by atoms with E-state index in [2.05, 4.69) is 6.58 Å². The molecule has 1 aromatic carbocycles. The average Bonchev–Trinajstić information content (AvgIpc) is 2.82. The summed E-state index contributed by atoms with van der Waals surface area (Å²) >= 11 is 0. The van der Waals surface area contributed by atoms with Gasteiger partial charge in [-0.05, 0) is 31.7 Å². The normalized spacial score (nSPS) is 15.5. The number of benzene rings is 1. The summed E-state index contributed by atoms with van der Waals surface area (Å²) in [6.07, 6.45) is 5.20. The molecule has 0 aliphatic heterocycles. The van der Waals surface area contributed by atoms with Gasteiger partial charge in [0.05, 0.1) is 0 Å². The molecule has 3 heteroatoms. The summed E-state index contributed by atoms with van der Waals surface area (Å²) in [6, 6.07) is 7.25. The van der Waals surface area contributed by atoms with Crippen molar-refractivity contribution >= 4 is 12.2 Å². The van der Waals surface area contributed by atoms with Crippen LogP contribution in [0.5, 0.6) is 5.75 Å². The first-order valence-corrected chi connectivity index (χ1v) is 5.89. The molecule has 0 radical (unpaired) electrons. The zero-order chi connectivity index (χ0) is 12.1. The summed E-state index contributed by atoms with van der Waals surface area (Å²) in [5, 5.41) is 0. The van der Waals surface area contributed by atoms with Crippen molar-refractivity contribution in [1.82, 2.24) is 0 Å². The van der Waals surface area contributed by atoms with Gasteiger partial charge in [0.15, 0.2) is 0 Å². The van der Waals surface area contributed by atoms with Gasteiger partial charge in [0.2, 0.25) is 0 Å². The third-order valence-electron chi connectivity index (χ3n) is 2.90. The van der Waals surface area contributed by atoms with Crippen LogP contribution in [-0.4, -0.2) is 12.3 Å². The lowest BCUT2D eigenvalue weighted by atomic mass is 10.2. The maximum absolute atomic E-state index is 11.6. The van der Waals surface area contributed by atoms with E-state index in [-0.39, 0.29) is 6.10 Å². The SMILES string of the molecule is C=Cc1ccccc1OC(=O)OC1CCCC1. The molecule has 0 heterocycles. The van der Waals surface area contributed by atoms with Crippen LogP contribution in [0.4, 0.5) is 4.79 Å². The predicted octanol–water partition coefficient (Wildman–Crippen LogP) is 3.79. The van der Waals surface area contributed by atoms with Crippen molar-refractivity contribution in [2.24, 2.45) is 0 Å². The van der Waals surface area contributed by atoms with E-state index in [1.54, 1.807) is 12.1 Å². The van der Waals surface area contributed by atoms with Crippen LogP contribution in [0.1, 0.15) is 31.2 Å². The smallest absolute Gasteiger partial charge is 0.431 e. The quantitative estimate of drug-likeness (QED) is 0.587. The molecular weight excluding hydrogens is 216 g/mol. The van der Waals surface area contributed by atoms with Gasteiger partial charge in [-0.3, -0.25) is 0 Å². The Morgan fingerprint density at radius 2 is 2.00 bits per heavy atom. The largest absolute Gasteiger partial charge is 0.514 e. The summed E-state index contributed by atoms with van der Waals surface area (Å²) in [6.45, 7) is 3.67. The minimum absolute atomic E-state index is 0.0263. The fourth-order valence-corrected chi connectivity index (χ4v) is 2.00. The van der Waals surface area contributed by atoms with E-state index in [9.17, 15) is 4.79 Å². The highest BCUT2D eigenvalue weighted by Crippen LogP contribution is 2.23. The first-order valence-electron chi connectivity index (χ1n) is 5.89. The van der Waals surface area contributed by atoms with E-state index < -0.39 is 6.16 Å². The lowest BCUT2D eigenvalue weighted by Crippen LogP contribution is -2.18. The Hall–Kier alpha value is -1.77. The van der Waals surface area contributed by atoms with Crippen LogP contribution in [0.15, 0.2) is 30.8 Å². The van der Waals surface area contributed by atoms with Crippen molar-refractivity contribution in [2.45, 2.75) is 31.8 Å². The lowest BCUT2D eigenvalue weighted by molar-refractivity contribution is 0.0612. The van der Waals surface area contributed by atoms with Crippen molar-refractivity contribution in [3.63, 3.8) is 0 Å². The van der Waals surface area contributed by atoms with Gasteiger partial charge in [0, 0.05) is 5.56 Å². The standard InChI is InChI=1S/C14H16O3/c1-2-11-7-3-6-10-13(11)17-14(15)16-12-8-4-5-9-12/h2-3,6-7,10,12H,1,4-5,8-9H2. The predicted molar refractivity (Wildman–Crippen MR) is 65.9 cm³/mol. The second kappa shape index (κ2) is 5.53. The summed E-state index contributed by atoms with van der Waals surface area (Å²) in [5.41, 5.74) is 0.788. The highest BCUT2D eigenvalue weighted by Gasteiger charge is 2.20. The number of hydrogen-bond donors (Lipinski definition) is 0.